The van der Waals surface area contributed by atoms with Crippen LogP contribution in [0.4, 0.5) is 23.7 Å². The maximum atomic E-state index is 13.5. The van der Waals surface area contributed by atoms with Crippen LogP contribution in [0.15, 0.2) is 24.3 Å². The van der Waals surface area contributed by atoms with Crippen molar-refractivity contribution in [3.8, 4) is 0 Å². The van der Waals surface area contributed by atoms with E-state index in [0.29, 0.717) is 6.42 Å². The Hall–Kier alpha value is -1.76. The number of amides is 1. The molecule has 1 heterocycles. The standard InChI is InChI=1S/C15H19F3N2O2/c1-3-10-9-14(19,15(16,17)18)11-7-5-6-8-12(11)20(10)13(21)22-4-2/h5-8,10H,3-4,9,19H2,1-2H3/t10-,14-/m1/s1. The van der Waals surface area contributed by atoms with Crippen LogP contribution in [0.5, 0.6) is 0 Å². The molecule has 2 atom stereocenters. The first-order valence-electron chi connectivity index (χ1n) is 7.17. The Balaban J connectivity index is 2.60. The van der Waals surface area contributed by atoms with Crippen molar-refractivity contribution in [3.05, 3.63) is 29.8 Å². The molecule has 2 N–H and O–H groups in total. The Morgan fingerprint density at radius 2 is 2.05 bits per heavy atom. The molecule has 0 saturated heterocycles. The highest BCUT2D eigenvalue weighted by Crippen LogP contribution is 2.48. The lowest BCUT2D eigenvalue weighted by Gasteiger charge is -2.45. The normalized spacial score (nSPS) is 24.8. The number of halogens is 3. The van der Waals surface area contributed by atoms with Gasteiger partial charge in [-0.15, -0.1) is 0 Å². The molecule has 0 radical (unpaired) electrons. The first-order valence-corrected chi connectivity index (χ1v) is 7.17. The highest BCUT2D eigenvalue weighted by atomic mass is 19.4. The van der Waals surface area contributed by atoms with Crippen LogP contribution < -0.4 is 10.6 Å². The Kier molecular flexibility index (Phi) is 4.37. The summed E-state index contributed by atoms with van der Waals surface area (Å²) in [5.74, 6) is 0. The first kappa shape index (κ1) is 16.6. The van der Waals surface area contributed by atoms with Crippen molar-refractivity contribution in [2.75, 3.05) is 11.5 Å². The third-order valence-electron chi connectivity index (χ3n) is 4.01. The zero-order valence-corrected chi connectivity index (χ0v) is 12.5. The van der Waals surface area contributed by atoms with Crippen LogP contribution in [0.3, 0.4) is 0 Å². The fourth-order valence-electron chi connectivity index (χ4n) is 2.87. The SMILES string of the molecule is CCOC(=O)N1c2ccccc2[C@@](N)(C(F)(F)F)C[C@H]1CC. The smallest absolute Gasteiger partial charge is 0.414 e. The van der Waals surface area contributed by atoms with Crippen molar-refractivity contribution in [1.82, 2.24) is 0 Å². The van der Waals surface area contributed by atoms with Crippen molar-refractivity contribution in [1.29, 1.82) is 0 Å². The van der Waals surface area contributed by atoms with Gasteiger partial charge < -0.3 is 10.5 Å². The van der Waals surface area contributed by atoms with E-state index in [4.69, 9.17) is 10.5 Å². The molecule has 4 nitrogen and oxygen atoms in total. The number of anilines is 1. The number of hydrogen-bond acceptors (Lipinski definition) is 3. The summed E-state index contributed by atoms with van der Waals surface area (Å²) in [6.07, 6.45) is -5.28. The summed E-state index contributed by atoms with van der Waals surface area (Å²) in [5, 5.41) is 0. The molecule has 0 bridgehead atoms. The van der Waals surface area contributed by atoms with Crippen molar-refractivity contribution in [2.45, 2.75) is 44.4 Å². The highest BCUT2D eigenvalue weighted by molar-refractivity contribution is 5.90. The molecule has 1 aliphatic rings. The monoisotopic (exact) mass is 316 g/mol. The average Bonchev–Trinajstić information content (AvgIpc) is 2.46. The maximum Gasteiger partial charge on any atom is 0.414 e. The number of alkyl halides is 3. The van der Waals surface area contributed by atoms with Crippen molar-refractivity contribution < 1.29 is 22.7 Å². The van der Waals surface area contributed by atoms with E-state index in [2.05, 4.69) is 0 Å². The minimum Gasteiger partial charge on any atom is -0.449 e. The number of nitrogens with two attached hydrogens (primary N) is 1. The van der Waals surface area contributed by atoms with Gasteiger partial charge in [-0.2, -0.15) is 13.2 Å². The number of para-hydroxylation sites is 1. The van der Waals surface area contributed by atoms with Gasteiger partial charge in [0.2, 0.25) is 0 Å². The third kappa shape index (κ3) is 2.54. The van der Waals surface area contributed by atoms with Crippen LogP contribution in [0.2, 0.25) is 0 Å². The molecule has 0 spiro atoms. The fourth-order valence-corrected chi connectivity index (χ4v) is 2.87. The Labute approximate surface area is 127 Å². The van der Waals surface area contributed by atoms with E-state index in [-0.39, 0.29) is 24.3 Å². The summed E-state index contributed by atoms with van der Waals surface area (Å²) in [7, 11) is 0. The molecule has 1 amide bonds. The second kappa shape index (κ2) is 5.79. The molecule has 122 valence electrons. The minimum atomic E-state index is -4.60. The Bertz CT molecular complexity index is 562. The predicted molar refractivity (Wildman–Crippen MR) is 76.6 cm³/mol. The molecule has 0 aliphatic carbocycles. The molecule has 1 aromatic rings. The molecule has 0 aromatic heterocycles. The van der Waals surface area contributed by atoms with Crippen molar-refractivity contribution >= 4 is 11.8 Å². The van der Waals surface area contributed by atoms with Gasteiger partial charge in [-0.3, -0.25) is 4.90 Å². The summed E-state index contributed by atoms with van der Waals surface area (Å²) < 4.78 is 45.6. The minimum absolute atomic E-state index is 0.0970. The quantitative estimate of drug-likeness (QED) is 0.908. The molecular weight excluding hydrogens is 297 g/mol. The maximum absolute atomic E-state index is 13.5. The van der Waals surface area contributed by atoms with Crippen LogP contribution >= 0.6 is 0 Å². The zero-order valence-electron chi connectivity index (χ0n) is 12.5. The lowest BCUT2D eigenvalue weighted by molar-refractivity contribution is -0.194. The summed E-state index contributed by atoms with van der Waals surface area (Å²) >= 11 is 0. The van der Waals surface area contributed by atoms with Gasteiger partial charge in [-0.25, -0.2) is 4.79 Å². The molecule has 2 rings (SSSR count). The molecule has 0 unspecified atom stereocenters. The van der Waals surface area contributed by atoms with Crippen molar-refractivity contribution in [3.63, 3.8) is 0 Å². The Morgan fingerprint density at radius 3 is 2.59 bits per heavy atom. The number of ether oxygens (including phenoxy) is 1. The van der Waals surface area contributed by atoms with Gasteiger partial charge >= 0.3 is 12.3 Å². The number of hydrogen-bond donors (Lipinski definition) is 1. The molecule has 1 aliphatic heterocycles. The van der Waals surface area contributed by atoms with Crippen LogP contribution in [-0.4, -0.2) is 24.9 Å². The van der Waals surface area contributed by atoms with E-state index in [1.165, 1.54) is 23.1 Å². The number of carbonyl (C=O) groups is 1. The molecule has 1 aromatic carbocycles. The van der Waals surface area contributed by atoms with Gasteiger partial charge in [0.25, 0.3) is 0 Å². The van der Waals surface area contributed by atoms with Gasteiger partial charge in [0, 0.05) is 11.6 Å². The lowest BCUT2D eigenvalue weighted by Crippen LogP contribution is -2.59. The molecule has 22 heavy (non-hydrogen) atoms. The molecular formula is C15H19F3N2O2. The second-order valence-corrected chi connectivity index (χ2v) is 5.32. The van der Waals surface area contributed by atoms with E-state index < -0.39 is 23.9 Å². The summed E-state index contributed by atoms with van der Waals surface area (Å²) in [4.78, 5) is 13.5. The van der Waals surface area contributed by atoms with E-state index in [9.17, 15) is 18.0 Å². The predicted octanol–water partition coefficient (Wildman–Crippen LogP) is 3.55. The lowest BCUT2D eigenvalue weighted by atomic mass is 9.78. The van der Waals surface area contributed by atoms with Gasteiger partial charge in [0.05, 0.1) is 12.3 Å². The fraction of sp³-hybridized carbons (Fsp3) is 0.533. The third-order valence-corrected chi connectivity index (χ3v) is 4.01. The van der Waals surface area contributed by atoms with E-state index in [0.717, 1.165) is 0 Å². The number of fused-ring (bicyclic) bond motifs is 1. The number of rotatable bonds is 2. The number of benzene rings is 1. The summed E-state index contributed by atoms with van der Waals surface area (Å²) in [5.41, 5.74) is 3.35. The molecule has 0 saturated carbocycles. The van der Waals surface area contributed by atoms with E-state index >= 15 is 0 Å². The van der Waals surface area contributed by atoms with Crippen LogP contribution in [0.1, 0.15) is 32.3 Å². The van der Waals surface area contributed by atoms with Crippen LogP contribution in [0.25, 0.3) is 0 Å². The van der Waals surface area contributed by atoms with Crippen molar-refractivity contribution in [2.24, 2.45) is 5.73 Å². The molecule has 7 heteroatoms. The number of nitrogens with zero attached hydrogens (tertiary/aromatic N) is 1. The number of carbonyl (C=O) groups excluding carboxylic acids is 1. The summed E-state index contributed by atoms with van der Waals surface area (Å²) in [6.45, 7) is 3.53. The average molecular weight is 316 g/mol. The van der Waals surface area contributed by atoms with Gasteiger partial charge in [-0.05, 0) is 25.8 Å². The Morgan fingerprint density at radius 1 is 1.41 bits per heavy atom. The van der Waals surface area contributed by atoms with Gasteiger partial charge in [0.1, 0.15) is 5.54 Å². The van der Waals surface area contributed by atoms with Gasteiger partial charge in [-0.1, -0.05) is 25.1 Å². The molecule has 0 fully saturated rings. The second-order valence-electron chi connectivity index (χ2n) is 5.32. The van der Waals surface area contributed by atoms with Gasteiger partial charge in [0.15, 0.2) is 0 Å². The van der Waals surface area contributed by atoms with E-state index in [1.807, 2.05) is 0 Å². The van der Waals surface area contributed by atoms with E-state index in [1.54, 1.807) is 19.9 Å². The van der Waals surface area contributed by atoms with Crippen LogP contribution in [0, 0.1) is 0 Å². The van der Waals surface area contributed by atoms with Crippen LogP contribution in [-0.2, 0) is 10.3 Å². The zero-order chi connectivity index (χ0) is 16.5. The summed E-state index contributed by atoms with van der Waals surface area (Å²) in [6, 6.07) is 5.20. The highest BCUT2D eigenvalue weighted by Gasteiger charge is 2.58. The first-order chi connectivity index (χ1) is 10.3. The largest absolute Gasteiger partial charge is 0.449 e. The topological polar surface area (TPSA) is 55.6 Å².